The molecule has 0 aliphatic heterocycles. The molecule has 1 aromatic carbocycles. The van der Waals surface area contributed by atoms with Crippen LogP contribution in [-0.4, -0.2) is 24.2 Å². The molecule has 4 nitrogen and oxygen atoms in total. The summed E-state index contributed by atoms with van der Waals surface area (Å²) in [7, 11) is 0. The van der Waals surface area contributed by atoms with Crippen LogP contribution < -0.4 is 4.74 Å². The van der Waals surface area contributed by atoms with E-state index >= 15 is 0 Å². The van der Waals surface area contributed by atoms with E-state index in [2.05, 4.69) is 42.8 Å². The molecule has 0 N–H and O–H groups in total. The second kappa shape index (κ2) is 18.8. The number of allylic oxidation sites excluding steroid dienone is 1. The molecule has 0 bridgehead atoms. The quantitative estimate of drug-likeness (QED) is 0.108. The highest BCUT2D eigenvalue weighted by Gasteiger charge is 2.07. The summed E-state index contributed by atoms with van der Waals surface area (Å²) < 4.78 is 11.0. The Morgan fingerprint density at radius 2 is 1.57 bits per heavy atom. The number of unbranched alkanes of at least 4 members (excludes halogenated alkanes) is 9. The number of rotatable bonds is 20. The fourth-order valence-electron chi connectivity index (χ4n) is 4.03. The highest BCUT2D eigenvalue weighted by Crippen LogP contribution is 2.21. The largest absolute Gasteiger partial charge is 0.425 e. The van der Waals surface area contributed by atoms with Crippen LogP contribution in [0, 0.1) is 0 Å². The molecule has 0 aliphatic rings. The third-order valence-electron chi connectivity index (χ3n) is 6.11. The molecule has 0 radical (unpaired) electrons. The lowest BCUT2D eigenvalue weighted by Gasteiger charge is -2.07. The maximum Gasteiger partial charge on any atom is 0.311 e. The molecule has 0 saturated heterocycles. The molecule has 0 spiro atoms. The fourth-order valence-corrected chi connectivity index (χ4v) is 4.03. The van der Waals surface area contributed by atoms with Crippen molar-refractivity contribution in [1.29, 1.82) is 0 Å². The van der Waals surface area contributed by atoms with Crippen molar-refractivity contribution < 1.29 is 14.3 Å². The van der Waals surface area contributed by atoms with Gasteiger partial charge in [-0.15, -0.1) is 6.58 Å². The third kappa shape index (κ3) is 13.3. The predicted octanol–water partition coefficient (Wildman–Crippen LogP) is 8.49. The van der Waals surface area contributed by atoms with Crippen LogP contribution in [0.4, 0.5) is 0 Å². The summed E-state index contributed by atoms with van der Waals surface area (Å²) in [5, 5.41) is 0. The van der Waals surface area contributed by atoms with Gasteiger partial charge in [0.25, 0.3) is 0 Å². The molecule has 4 heteroatoms. The lowest BCUT2D eigenvalue weighted by Crippen LogP contribution is -2.07. The Morgan fingerprint density at radius 1 is 0.857 bits per heavy atom. The molecule has 0 atom stereocenters. The molecule has 0 fully saturated rings. The fraction of sp³-hybridized carbons (Fsp3) is 0.548. The average Bonchev–Trinajstić information content (AvgIpc) is 2.88. The van der Waals surface area contributed by atoms with Gasteiger partial charge in [-0.25, -0.2) is 0 Å². The Morgan fingerprint density at radius 3 is 2.26 bits per heavy atom. The molecule has 0 saturated carbocycles. The molecule has 0 unspecified atom stereocenters. The van der Waals surface area contributed by atoms with E-state index in [4.69, 9.17) is 9.47 Å². The van der Waals surface area contributed by atoms with Gasteiger partial charge in [0.1, 0.15) is 5.75 Å². The number of pyridine rings is 1. The minimum atomic E-state index is -0.174. The number of ether oxygens (including phenoxy) is 2. The van der Waals surface area contributed by atoms with Crippen LogP contribution in [0.5, 0.6) is 5.75 Å². The Bertz CT molecular complexity index is 814. The van der Waals surface area contributed by atoms with Gasteiger partial charge in [0.2, 0.25) is 0 Å². The number of carbonyl (C=O) groups excluding carboxylic acids is 1. The van der Waals surface area contributed by atoms with E-state index in [1.165, 1.54) is 50.5 Å². The number of hydrogen-bond donors (Lipinski definition) is 0. The molecule has 192 valence electrons. The number of benzene rings is 1. The van der Waals surface area contributed by atoms with Crippen LogP contribution in [0.25, 0.3) is 11.3 Å². The first-order valence-electron chi connectivity index (χ1n) is 13.7. The monoisotopic (exact) mass is 479 g/mol. The standard InChI is InChI=1S/C31H45NO3/c1-3-5-6-7-8-9-10-11-14-17-31(33)35-29-22-23-30(32-26-29)28-20-18-27(19-21-28)16-13-12-15-25-34-24-4-2/h3,18-23,26H,1,4-17,24-25H2,2H3. The summed E-state index contributed by atoms with van der Waals surface area (Å²) in [6.07, 6.45) is 19.1. The van der Waals surface area contributed by atoms with Crippen molar-refractivity contribution in [3.8, 4) is 17.0 Å². The lowest BCUT2D eigenvalue weighted by molar-refractivity contribution is -0.134. The van der Waals surface area contributed by atoms with Gasteiger partial charge < -0.3 is 9.47 Å². The van der Waals surface area contributed by atoms with Gasteiger partial charge in [0.05, 0.1) is 11.9 Å². The van der Waals surface area contributed by atoms with Crippen molar-refractivity contribution >= 4 is 5.97 Å². The molecule has 0 aliphatic carbocycles. The van der Waals surface area contributed by atoms with Crippen LogP contribution in [0.3, 0.4) is 0 Å². The summed E-state index contributed by atoms with van der Waals surface area (Å²) >= 11 is 0. The zero-order valence-corrected chi connectivity index (χ0v) is 21.8. The Hall–Kier alpha value is -2.46. The van der Waals surface area contributed by atoms with E-state index in [-0.39, 0.29) is 5.97 Å². The minimum absolute atomic E-state index is 0.174. The van der Waals surface area contributed by atoms with Gasteiger partial charge in [-0.2, -0.15) is 0 Å². The second-order valence-electron chi connectivity index (χ2n) is 9.28. The maximum absolute atomic E-state index is 12.1. The smallest absolute Gasteiger partial charge is 0.311 e. The van der Waals surface area contributed by atoms with Crippen molar-refractivity contribution in [2.24, 2.45) is 0 Å². The number of carbonyl (C=O) groups is 1. The summed E-state index contributed by atoms with van der Waals surface area (Å²) in [5.41, 5.74) is 3.31. The van der Waals surface area contributed by atoms with Crippen LogP contribution in [0.2, 0.25) is 0 Å². The molecule has 1 aromatic heterocycles. The first-order chi connectivity index (χ1) is 17.2. The van der Waals surface area contributed by atoms with Crippen LogP contribution in [0.1, 0.15) is 96.0 Å². The molecular weight excluding hydrogens is 434 g/mol. The van der Waals surface area contributed by atoms with Crippen molar-refractivity contribution in [3.63, 3.8) is 0 Å². The van der Waals surface area contributed by atoms with Crippen molar-refractivity contribution in [2.45, 2.75) is 96.8 Å². The Balaban J connectivity index is 1.62. The van der Waals surface area contributed by atoms with E-state index in [0.29, 0.717) is 12.2 Å². The van der Waals surface area contributed by atoms with Gasteiger partial charge in [0.15, 0.2) is 0 Å². The van der Waals surface area contributed by atoms with Gasteiger partial charge >= 0.3 is 5.97 Å². The van der Waals surface area contributed by atoms with Crippen molar-refractivity contribution in [2.75, 3.05) is 13.2 Å². The molecule has 35 heavy (non-hydrogen) atoms. The summed E-state index contributed by atoms with van der Waals surface area (Å²) in [6.45, 7) is 7.64. The summed E-state index contributed by atoms with van der Waals surface area (Å²) in [6, 6.07) is 12.3. The molecule has 2 rings (SSSR count). The topological polar surface area (TPSA) is 48.4 Å². The van der Waals surface area contributed by atoms with E-state index in [1.807, 2.05) is 18.2 Å². The maximum atomic E-state index is 12.1. The Labute approximate surface area is 213 Å². The van der Waals surface area contributed by atoms with E-state index in [9.17, 15) is 4.79 Å². The second-order valence-corrected chi connectivity index (χ2v) is 9.28. The SMILES string of the molecule is C=CCCCCCCCCCC(=O)Oc1ccc(-c2ccc(CCCCCOCCC)cc2)nc1. The first kappa shape index (κ1) is 28.8. The lowest BCUT2D eigenvalue weighted by atomic mass is 10.0. The minimum Gasteiger partial charge on any atom is -0.425 e. The van der Waals surface area contributed by atoms with Crippen molar-refractivity contribution in [1.82, 2.24) is 4.98 Å². The third-order valence-corrected chi connectivity index (χ3v) is 6.11. The van der Waals surface area contributed by atoms with E-state index in [1.54, 1.807) is 6.20 Å². The van der Waals surface area contributed by atoms with Gasteiger partial charge in [-0.05, 0) is 62.6 Å². The Kier molecular flexibility index (Phi) is 15.5. The summed E-state index contributed by atoms with van der Waals surface area (Å²) in [4.78, 5) is 16.6. The highest BCUT2D eigenvalue weighted by atomic mass is 16.5. The van der Waals surface area contributed by atoms with Crippen LogP contribution in [0.15, 0.2) is 55.3 Å². The number of aryl methyl sites for hydroxylation is 1. The van der Waals surface area contributed by atoms with E-state index in [0.717, 1.165) is 63.0 Å². The van der Waals surface area contributed by atoms with Gasteiger partial charge in [-0.3, -0.25) is 9.78 Å². The number of esters is 1. The van der Waals surface area contributed by atoms with E-state index < -0.39 is 0 Å². The van der Waals surface area contributed by atoms with Gasteiger partial charge in [-0.1, -0.05) is 75.8 Å². The average molecular weight is 480 g/mol. The predicted molar refractivity (Wildman–Crippen MR) is 146 cm³/mol. The summed E-state index contributed by atoms with van der Waals surface area (Å²) in [5.74, 6) is 0.340. The molecule has 1 heterocycles. The van der Waals surface area contributed by atoms with Crippen molar-refractivity contribution in [3.05, 3.63) is 60.8 Å². The highest BCUT2D eigenvalue weighted by molar-refractivity contribution is 5.72. The van der Waals surface area contributed by atoms with Gasteiger partial charge in [0, 0.05) is 25.2 Å². The number of hydrogen-bond acceptors (Lipinski definition) is 4. The molecular formula is C31H45NO3. The molecule has 2 aromatic rings. The zero-order valence-electron chi connectivity index (χ0n) is 21.8. The zero-order chi connectivity index (χ0) is 25.0. The van der Waals surface area contributed by atoms with Crippen LogP contribution >= 0.6 is 0 Å². The number of nitrogens with zero attached hydrogens (tertiary/aromatic N) is 1. The van der Waals surface area contributed by atoms with Crippen LogP contribution in [-0.2, 0) is 16.0 Å². The number of aromatic nitrogens is 1. The first-order valence-corrected chi connectivity index (χ1v) is 13.7. The normalized spacial score (nSPS) is 10.9. The molecule has 0 amide bonds.